The predicted molar refractivity (Wildman–Crippen MR) is 60.9 cm³/mol. The Morgan fingerprint density at radius 2 is 1.80 bits per heavy atom. The van der Waals surface area contributed by atoms with Crippen molar-refractivity contribution in [2.24, 2.45) is 5.73 Å². The molecule has 0 aromatic carbocycles. The average molecular weight is 216 g/mol. The summed E-state index contributed by atoms with van der Waals surface area (Å²) in [5, 5.41) is 0. The molecule has 1 rings (SSSR count). The molecule has 1 aliphatic heterocycles. The number of nitrogens with two attached hydrogens (primary N) is 1. The van der Waals surface area contributed by atoms with Gasteiger partial charge in [0.25, 0.3) is 0 Å². The number of rotatable bonds is 6. The molecule has 1 saturated heterocycles. The summed E-state index contributed by atoms with van der Waals surface area (Å²) < 4.78 is 10.8. The first kappa shape index (κ1) is 12.9. The van der Waals surface area contributed by atoms with Crippen LogP contribution in [0.25, 0.3) is 0 Å². The van der Waals surface area contributed by atoms with Crippen LogP contribution in [-0.4, -0.2) is 57.0 Å². The van der Waals surface area contributed by atoms with E-state index in [9.17, 15) is 0 Å². The minimum Gasteiger partial charge on any atom is -0.377 e. The number of likely N-dealkylation sites (tertiary alicyclic amines) is 1. The molecule has 1 aliphatic rings. The standard InChI is InChI=1S/C11H24N2O2/c1-9(12)5-4-6-13-7-10(14-2)11(8-13)15-3/h9-11H,4-8,12H2,1-3H3. The van der Waals surface area contributed by atoms with Crippen LogP contribution in [0.5, 0.6) is 0 Å². The quantitative estimate of drug-likeness (QED) is 0.701. The molecule has 0 amide bonds. The van der Waals surface area contributed by atoms with Gasteiger partial charge in [0, 0.05) is 33.4 Å². The number of nitrogens with zero attached hydrogens (tertiary/aromatic N) is 1. The minimum absolute atomic E-state index is 0.227. The van der Waals surface area contributed by atoms with E-state index in [0.29, 0.717) is 6.04 Å². The Bertz CT molecular complexity index is 164. The Labute approximate surface area is 92.7 Å². The van der Waals surface area contributed by atoms with Crippen LogP contribution in [0.1, 0.15) is 19.8 Å². The van der Waals surface area contributed by atoms with E-state index in [0.717, 1.165) is 32.5 Å². The van der Waals surface area contributed by atoms with Crippen molar-refractivity contribution in [3.05, 3.63) is 0 Å². The molecular weight excluding hydrogens is 192 g/mol. The van der Waals surface area contributed by atoms with E-state index in [1.165, 1.54) is 0 Å². The Balaban J connectivity index is 2.22. The van der Waals surface area contributed by atoms with E-state index in [4.69, 9.17) is 15.2 Å². The van der Waals surface area contributed by atoms with Gasteiger partial charge in [0.05, 0.1) is 12.2 Å². The lowest BCUT2D eigenvalue weighted by atomic mass is 10.2. The molecule has 2 N–H and O–H groups in total. The van der Waals surface area contributed by atoms with Gasteiger partial charge in [-0.3, -0.25) is 4.90 Å². The Morgan fingerprint density at radius 1 is 1.27 bits per heavy atom. The lowest BCUT2D eigenvalue weighted by Crippen LogP contribution is -2.27. The highest BCUT2D eigenvalue weighted by atomic mass is 16.5. The molecule has 0 aromatic rings. The molecule has 15 heavy (non-hydrogen) atoms. The van der Waals surface area contributed by atoms with Crippen molar-refractivity contribution >= 4 is 0 Å². The summed E-state index contributed by atoms with van der Waals surface area (Å²) in [6.45, 7) is 5.11. The van der Waals surface area contributed by atoms with Gasteiger partial charge >= 0.3 is 0 Å². The third-order valence-corrected chi connectivity index (χ3v) is 3.03. The van der Waals surface area contributed by atoms with E-state index in [2.05, 4.69) is 11.8 Å². The van der Waals surface area contributed by atoms with E-state index in [1.807, 2.05) is 0 Å². The van der Waals surface area contributed by atoms with Gasteiger partial charge in [0.2, 0.25) is 0 Å². The van der Waals surface area contributed by atoms with Crippen LogP contribution in [0.4, 0.5) is 0 Å². The van der Waals surface area contributed by atoms with E-state index in [-0.39, 0.29) is 12.2 Å². The zero-order valence-corrected chi connectivity index (χ0v) is 10.1. The van der Waals surface area contributed by atoms with Crippen molar-refractivity contribution in [2.45, 2.75) is 38.0 Å². The topological polar surface area (TPSA) is 47.7 Å². The Morgan fingerprint density at radius 3 is 2.20 bits per heavy atom. The van der Waals surface area contributed by atoms with Gasteiger partial charge in [-0.25, -0.2) is 0 Å². The van der Waals surface area contributed by atoms with Crippen molar-refractivity contribution in [3.63, 3.8) is 0 Å². The maximum atomic E-state index is 5.72. The third-order valence-electron chi connectivity index (χ3n) is 3.03. The molecule has 0 aromatic heterocycles. The van der Waals surface area contributed by atoms with Crippen LogP contribution in [0.3, 0.4) is 0 Å². The maximum Gasteiger partial charge on any atom is 0.0971 e. The number of methoxy groups -OCH3 is 2. The molecule has 0 radical (unpaired) electrons. The fraction of sp³-hybridized carbons (Fsp3) is 1.00. The molecule has 0 spiro atoms. The molecule has 1 fully saturated rings. The monoisotopic (exact) mass is 216 g/mol. The van der Waals surface area contributed by atoms with Gasteiger partial charge in [0.15, 0.2) is 0 Å². The van der Waals surface area contributed by atoms with Crippen LogP contribution in [-0.2, 0) is 9.47 Å². The van der Waals surface area contributed by atoms with Gasteiger partial charge < -0.3 is 15.2 Å². The Hall–Kier alpha value is -0.160. The zero-order chi connectivity index (χ0) is 11.3. The summed E-state index contributed by atoms with van der Waals surface area (Å²) in [6.07, 6.45) is 2.70. The zero-order valence-electron chi connectivity index (χ0n) is 10.1. The van der Waals surface area contributed by atoms with Crippen molar-refractivity contribution in [3.8, 4) is 0 Å². The lowest BCUT2D eigenvalue weighted by Gasteiger charge is -2.15. The summed E-state index contributed by atoms with van der Waals surface area (Å²) in [6, 6.07) is 0.309. The van der Waals surface area contributed by atoms with Crippen LogP contribution < -0.4 is 5.73 Å². The van der Waals surface area contributed by atoms with Crippen molar-refractivity contribution in [2.75, 3.05) is 33.9 Å². The summed E-state index contributed by atoms with van der Waals surface area (Å²) in [5.41, 5.74) is 5.72. The normalized spacial score (nSPS) is 29.6. The molecule has 0 bridgehead atoms. The average Bonchev–Trinajstić information content (AvgIpc) is 2.59. The van der Waals surface area contributed by atoms with E-state index >= 15 is 0 Å². The van der Waals surface area contributed by atoms with Gasteiger partial charge in [0.1, 0.15) is 0 Å². The molecule has 1 heterocycles. The highest BCUT2D eigenvalue weighted by Crippen LogP contribution is 2.16. The largest absolute Gasteiger partial charge is 0.377 e. The molecule has 90 valence electrons. The van der Waals surface area contributed by atoms with E-state index < -0.39 is 0 Å². The highest BCUT2D eigenvalue weighted by molar-refractivity contribution is 4.85. The van der Waals surface area contributed by atoms with Crippen LogP contribution in [0.2, 0.25) is 0 Å². The molecule has 0 saturated carbocycles. The number of hydrogen-bond donors (Lipinski definition) is 1. The third kappa shape index (κ3) is 4.07. The molecule has 4 heteroatoms. The summed E-state index contributed by atoms with van der Waals surface area (Å²) in [7, 11) is 3.50. The summed E-state index contributed by atoms with van der Waals surface area (Å²) in [5.74, 6) is 0. The Kier molecular flexibility index (Phi) is 5.53. The summed E-state index contributed by atoms with van der Waals surface area (Å²) in [4.78, 5) is 2.39. The van der Waals surface area contributed by atoms with Crippen molar-refractivity contribution in [1.82, 2.24) is 4.90 Å². The van der Waals surface area contributed by atoms with Crippen molar-refractivity contribution in [1.29, 1.82) is 0 Å². The molecule has 4 nitrogen and oxygen atoms in total. The maximum absolute atomic E-state index is 5.72. The first-order valence-corrected chi connectivity index (χ1v) is 5.71. The molecule has 3 unspecified atom stereocenters. The smallest absolute Gasteiger partial charge is 0.0971 e. The second-order valence-electron chi connectivity index (χ2n) is 4.43. The van der Waals surface area contributed by atoms with Crippen molar-refractivity contribution < 1.29 is 9.47 Å². The van der Waals surface area contributed by atoms with Gasteiger partial charge in [-0.15, -0.1) is 0 Å². The highest BCUT2D eigenvalue weighted by Gasteiger charge is 2.32. The molecule has 3 atom stereocenters. The second kappa shape index (κ2) is 6.43. The molecular formula is C11H24N2O2. The number of ether oxygens (including phenoxy) is 2. The second-order valence-corrected chi connectivity index (χ2v) is 4.43. The van der Waals surface area contributed by atoms with Gasteiger partial charge in [-0.05, 0) is 26.3 Å². The first-order valence-electron chi connectivity index (χ1n) is 5.71. The minimum atomic E-state index is 0.227. The first-order chi connectivity index (χ1) is 7.17. The fourth-order valence-electron chi connectivity index (χ4n) is 2.09. The van der Waals surface area contributed by atoms with Gasteiger partial charge in [-0.1, -0.05) is 0 Å². The van der Waals surface area contributed by atoms with Crippen LogP contribution >= 0.6 is 0 Å². The van der Waals surface area contributed by atoms with Crippen LogP contribution in [0.15, 0.2) is 0 Å². The van der Waals surface area contributed by atoms with Crippen LogP contribution in [0, 0.1) is 0 Å². The SMILES string of the molecule is COC1CN(CCCC(C)N)CC1OC. The number of hydrogen-bond acceptors (Lipinski definition) is 4. The molecule has 0 aliphatic carbocycles. The lowest BCUT2D eigenvalue weighted by molar-refractivity contribution is -0.00461. The van der Waals surface area contributed by atoms with E-state index in [1.54, 1.807) is 14.2 Å². The van der Waals surface area contributed by atoms with Gasteiger partial charge in [-0.2, -0.15) is 0 Å². The fourth-order valence-corrected chi connectivity index (χ4v) is 2.09. The summed E-state index contributed by atoms with van der Waals surface area (Å²) >= 11 is 0. The predicted octanol–water partition coefficient (Wildman–Crippen LogP) is 0.459.